The van der Waals surface area contributed by atoms with Gasteiger partial charge in [-0.05, 0) is 77.4 Å². The van der Waals surface area contributed by atoms with E-state index in [0.29, 0.717) is 12.1 Å². The molecule has 0 spiro atoms. The van der Waals surface area contributed by atoms with E-state index in [1.54, 1.807) is 11.3 Å². The summed E-state index contributed by atoms with van der Waals surface area (Å²) in [4.78, 5) is 28.6. The fourth-order valence-corrected chi connectivity index (χ4v) is 6.85. The molecule has 0 atom stereocenters. The van der Waals surface area contributed by atoms with Crippen LogP contribution in [0.3, 0.4) is 0 Å². The number of fused-ring (bicyclic) bond motifs is 1. The van der Waals surface area contributed by atoms with Crippen molar-refractivity contribution in [2.75, 3.05) is 26.3 Å². The second-order valence-corrected chi connectivity index (χ2v) is 10.9. The first-order chi connectivity index (χ1) is 16.0. The third-order valence-electron chi connectivity index (χ3n) is 7.76. The summed E-state index contributed by atoms with van der Waals surface area (Å²) in [5.74, 6) is -0.807. The Morgan fingerprint density at radius 2 is 1.74 bits per heavy atom. The molecular formula is C24H35ClN4O4S. The van der Waals surface area contributed by atoms with Gasteiger partial charge in [0.1, 0.15) is 4.83 Å². The summed E-state index contributed by atoms with van der Waals surface area (Å²) in [5, 5.41) is 18.3. The Kier molecular flexibility index (Phi) is 8.17. The highest BCUT2D eigenvalue weighted by atomic mass is 35.5. The number of nitrogens with zero attached hydrogens (tertiary/aromatic N) is 3. The van der Waals surface area contributed by atoms with Crippen LogP contribution in [0.2, 0.25) is 0 Å². The molecule has 2 aromatic heterocycles. The Bertz CT molecular complexity index is 1000. The molecule has 2 aliphatic heterocycles. The Hall–Kier alpha value is -1.68. The molecule has 3 aliphatic rings. The van der Waals surface area contributed by atoms with E-state index in [2.05, 4.69) is 14.9 Å². The lowest BCUT2D eigenvalue weighted by Gasteiger charge is -2.40. The number of aromatic nitrogens is 2. The number of hydrogen-bond donors (Lipinski definition) is 2. The topological polar surface area (TPSA) is 96.7 Å². The van der Waals surface area contributed by atoms with Crippen LogP contribution in [0.25, 0.3) is 10.2 Å². The highest BCUT2D eigenvalue weighted by molar-refractivity contribution is 7.20. The van der Waals surface area contributed by atoms with Crippen LogP contribution in [-0.2, 0) is 9.53 Å². The molecule has 0 radical (unpaired) electrons. The average Bonchev–Trinajstić information content (AvgIpc) is 3.41. The quantitative estimate of drug-likeness (QED) is 0.630. The molecule has 0 unspecified atom stereocenters. The van der Waals surface area contributed by atoms with Crippen LogP contribution < -0.4 is 5.32 Å². The van der Waals surface area contributed by atoms with Crippen molar-refractivity contribution in [1.29, 1.82) is 0 Å². The molecule has 1 amide bonds. The normalized spacial score (nSPS) is 25.2. The van der Waals surface area contributed by atoms with Crippen molar-refractivity contribution in [2.24, 2.45) is 5.92 Å². The van der Waals surface area contributed by atoms with Gasteiger partial charge >= 0.3 is 5.97 Å². The van der Waals surface area contributed by atoms with Crippen LogP contribution in [0.1, 0.15) is 72.8 Å². The van der Waals surface area contributed by atoms with Gasteiger partial charge in [-0.1, -0.05) is 0 Å². The van der Waals surface area contributed by atoms with Crippen molar-refractivity contribution in [3.63, 3.8) is 0 Å². The second-order valence-electron chi connectivity index (χ2n) is 9.83. The maximum atomic E-state index is 13.0. The molecule has 8 nitrogen and oxygen atoms in total. The molecule has 5 rings (SSSR count). The van der Waals surface area contributed by atoms with Crippen molar-refractivity contribution >= 4 is 45.8 Å². The van der Waals surface area contributed by atoms with E-state index in [1.807, 2.05) is 13.0 Å². The number of nitrogens with one attached hydrogen (secondary N) is 1. The van der Waals surface area contributed by atoms with Gasteiger partial charge in [0.05, 0.1) is 22.5 Å². The molecule has 188 valence electrons. The number of ether oxygens (including phenoxy) is 1. The lowest BCUT2D eigenvalue weighted by atomic mass is 9.87. The van der Waals surface area contributed by atoms with Crippen LogP contribution in [-0.4, -0.2) is 70.1 Å². The number of carbonyl (C=O) groups is 2. The van der Waals surface area contributed by atoms with E-state index in [9.17, 15) is 14.7 Å². The zero-order chi connectivity index (χ0) is 22.9. The molecule has 1 saturated carbocycles. The highest BCUT2D eigenvalue weighted by Crippen LogP contribution is 2.34. The highest BCUT2D eigenvalue weighted by Gasteiger charge is 2.32. The summed E-state index contributed by atoms with van der Waals surface area (Å²) >= 11 is 1.55. The molecule has 2 N–H and O–H groups in total. The number of thiophene rings is 1. The van der Waals surface area contributed by atoms with Gasteiger partial charge in [0, 0.05) is 30.7 Å². The molecule has 2 aromatic rings. The number of likely N-dealkylation sites (tertiary alicyclic amines) is 1. The van der Waals surface area contributed by atoms with Crippen LogP contribution in [0.4, 0.5) is 0 Å². The molecular weight excluding hydrogens is 476 g/mol. The lowest BCUT2D eigenvalue weighted by Crippen LogP contribution is -2.47. The van der Waals surface area contributed by atoms with Crippen molar-refractivity contribution in [2.45, 2.75) is 76.4 Å². The average molecular weight is 511 g/mol. The van der Waals surface area contributed by atoms with Crippen LogP contribution in [0, 0.1) is 12.8 Å². The minimum atomic E-state index is -0.655. The first kappa shape index (κ1) is 25.4. The lowest BCUT2D eigenvalue weighted by molar-refractivity contribution is -0.143. The number of carbonyl (C=O) groups excluding carboxylic acids is 1. The zero-order valence-corrected chi connectivity index (χ0v) is 21.3. The second kappa shape index (κ2) is 10.9. The summed E-state index contributed by atoms with van der Waals surface area (Å²) < 4.78 is 7.62. The van der Waals surface area contributed by atoms with Gasteiger partial charge in [-0.3, -0.25) is 14.3 Å². The number of amides is 1. The summed E-state index contributed by atoms with van der Waals surface area (Å²) in [6.45, 7) is 5.31. The Morgan fingerprint density at radius 1 is 1.06 bits per heavy atom. The van der Waals surface area contributed by atoms with E-state index < -0.39 is 5.97 Å². The molecule has 10 heteroatoms. The van der Waals surface area contributed by atoms with Gasteiger partial charge in [-0.25, -0.2) is 0 Å². The minimum absolute atomic E-state index is 0. The van der Waals surface area contributed by atoms with Gasteiger partial charge in [0.15, 0.2) is 0 Å². The maximum absolute atomic E-state index is 13.0. The van der Waals surface area contributed by atoms with Crippen LogP contribution in [0.15, 0.2) is 6.07 Å². The largest absolute Gasteiger partial charge is 0.481 e. The first-order valence-corrected chi connectivity index (χ1v) is 13.2. The van der Waals surface area contributed by atoms with Crippen molar-refractivity contribution in [1.82, 2.24) is 20.0 Å². The van der Waals surface area contributed by atoms with Gasteiger partial charge in [-0.2, -0.15) is 5.10 Å². The number of carboxylic acid groups (broad SMARTS) is 1. The molecule has 2 saturated heterocycles. The maximum Gasteiger partial charge on any atom is 0.306 e. The monoisotopic (exact) mass is 510 g/mol. The number of carboxylic acids is 1. The number of aliphatic carboxylic acids is 1. The van der Waals surface area contributed by atoms with Gasteiger partial charge in [0.2, 0.25) is 0 Å². The number of piperidine rings is 1. The molecule has 0 bridgehead atoms. The molecule has 3 fully saturated rings. The Labute approximate surface area is 210 Å². The molecule has 34 heavy (non-hydrogen) atoms. The third kappa shape index (κ3) is 5.27. The van der Waals surface area contributed by atoms with Crippen molar-refractivity contribution in [3.05, 3.63) is 16.6 Å². The zero-order valence-electron chi connectivity index (χ0n) is 19.7. The Morgan fingerprint density at radius 3 is 2.38 bits per heavy atom. The summed E-state index contributed by atoms with van der Waals surface area (Å²) in [5.41, 5.74) is 0.985. The predicted molar refractivity (Wildman–Crippen MR) is 134 cm³/mol. The SMILES string of the molecule is Cc1nn(C2CCOCC2)c2sc(C(=O)N[C@H]3CC[C@@H](N4CCC(C(=O)O)CC4)CC3)cc12.Cl. The fourth-order valence-electron chi connectivity index (χ4n) is 5.71. The van der Waals surface area contributed by atoms with Gasteiger partial charge < -0.3 is 20.1 Å². The van der Waals surface area contributed by atoms with Crippen molar-refractivity contribution < 1.29 is 19.4 Å². The minimum Gasteiger partial charge on any atom is -0.481 e. The Balaban J connectivity index is 0.00000274. The van der Waals surface area contributed by atoms with Crippen LogP contribution in [0.5, 0.6) is 0 Å². The van der Waals surface area contributed by atoms with E-state index in [1.165, 1.54) is 0 Å². The number of hydrogen-bond acceptors (Lipinski definition) is 6. The number of halogens is 1. The summed E-state index contributed by atoms with van der Waals surface area (Å²) in [7, 11) is 0. The van der Waals surface area contributed by atoms with E-state index in [-0.39, 0.29) is 30.3 Å². The van der Waals surface area contributed by atoms with E-state index >= 15 is 0 Å². The summed E-state index contributed by atoms with van der Waals surface area (Å²) in [6, 6.07) is 3.08. The summed E-state index contributed by atoms with van der Waals surface area (Å²) in [6.07, 6.45) is 7.52. The number of rotatable bonds is 5. The number of aryl methyl sites for hydroxylation is 1. The first-order valence-electron chi connectivity index (χ1n) is 12.3. The molecule has 1 aliphatic carbocycles. The van der Waals surface area contributed by atoms with Crippen molar-refractivity contribution in [3.8, 4) is 0 Å². The predicted octanol–water partition coefficient (Wildman–Crippen LogP) is 4.02. The van der Waals surface area contributed by atoms with E-state index in [4.69, 9.17) is 9.84 Å². The molecule has 0 aromatic carbocycles. The molecule has 4 heterocycles. The van der Waals surface area contributed by atoms with Crippen LogP contribution >= 0.6 is 23.7 Å². The smallest absolute Gasteiger partial charge is 0.306 e. The third-order valence-corrected chi connectivity index (χ3v) is 8.88. The standard InChI is InChI=1S/C24H34N4O4S.ClH/c1-15-20-14-21(33-23(20)28(26-15)19-8-12-32-13-9-19)22(29)25-17-2-4-18(5-3-17)27-10-6-16(7-11-27)24(30)31;/h14,16-19H,2-13H2,1H3,(H,25,29)(H,30,31);1H/t17-,18+;. The fraction of sp³-hybridized carbons (Fsp3) is 0.708. The van der Waals surface area contributed by atoms with Gasteiger partial charge in [0.25, 0.3) is 5.91 Å². The van der Waals surface area contributed by atoms with E-state index in [0.717, 1.165) is 98.5 Å². The van der Waals surface area contributed by atoms with Gasteiger partial charge in [-0.15, -0.1) is 23.7 Å².